The second kappa shape index (κ2) is 8.82. The maximum atomic E-state index is 13.4. The van der Waals surface area contributed by atoms with Crippen LogP contribution < -0.4 is 11.1 Å². The van der Waals surface area contributed by atoms with Gasteiger partial charge in [0.2, 0.25) is 0 Å². The largest absolute Gasteiger partial charge is 0.435 e. The number of nitrogens with zero attached hydrogens (tertiary/aromatic N) is 2. The third-order valence-electron chi connectivity index (χ3n) is 5.11. The zero-order chi connectivity index (χ0) is 25.4. The molecule has 0 unspecified atom stereocenters. The number of nitrogens with one attached hydrogen (secondary N) is 1. The van der Waals surface area contributed by atoms with Crippen molar-refractivity contribution in [3.05, 3.63) is 90.1 Å². The molecule has 0 saturated carbocycles. The van der Waals surface area contributed by atoms with Gasteiger partial charge in [0.15, 0.2) is 5.69 Å². The second-order valence-electron chi connectivity index (χ2n) is 7.51. The number of aromatic nitrogens is 2. The monoisotopic (exact) mass is 490 g/mol. The fraction of sp³-hybridized carbons (Fsp3) is 0.0833. The van der Waals surface area contributed by atoms with Crippen molar-refractivity contribution in [3.8, 4) is 28.1 Å². The Kier molecular flexibility index (Phi) is 6.01. The molecular formula is C24H16F6N4O. The van der Waals surface area contributed by atoms with E-state index in [4.69, 9.17) is 5.73 Å². The van der Waals surface area contributed by atoms with Gasteiger partial charge in [-0.25, -0.2) is 9.48 Å². The molecule has 2 amide bonds. The van der Waals surface area contributed by atoms with E-state index in [9.17, 15) is 31.1 Å². The average Bonchev–Trinajstić information content (AvgIpc) is 3.25. The Morgan fingerprint density at radius 1 is 0.743 bits per heavy atom. The third kappa shape index (κ3) is 5.29. The minimum absolute atomic E-state index is 0.145. The Balaban J connectivity index is 1.70. The van der Waals surface area contributed by atoms with Crippen molar-refractivity contribution in [2.45, 2.75) is 12.4 Å². The summed E-state index contributed by atoms with van der Waals surface area (Å²) in [5.74, 6) is 0. The molecule has 0 atom stereocenters. The Morgan fingerprint density at radius 3 is 1.74 bits per heavy atom. The number of benzene rings is 3. The molecule has 0 aliphatic carbocycles. The van der Waals surface area contributed by atoms with Gasteiger partial charge in [-0.15, -0.1) is 0 Å². The molecule has 0 aliphatic heterocycles. The zero-order valence-electron chi connectivity index (χ0n) is 17.7. The third-order valence-corrected chi connectivity index (χ3v) is 5.11. The van der Waals surface area contributed by atoms with Crippen LogP contribution in [0.15, 0.2) is 78.9 Å². The molecule has 3 N–H and O–H groups in total. The van der Waals surface area contributed by atoms with Gasteiger partial charge in [0.1, 0.15) is 0 Å². The molecule has 4 rings (SSSR count). The quantitative estimate of drug-likeness (QED) is 0.311. The maximum Gasteiger partial charge on any atom is 0.435 e. The van der Waals surface area contributed by atoms with Crippen molar-refractivity contribution in [1.29, 1.82) is 0 Å². The minimum atomic E-state index is -4.69. The number of primary amides is 1. The van der Waals surface area contributed by atoms with Crippen molar-refractivity contribution in [1.82, 2.24) is 9.78 Å². The highest BCUT2D eigenvalue weighted by molar-refractivity contribution is 5.87. The number of alkyl halides is 6. The van der Waals surface area contributed by atoms with Gasteiger partial charge in [-0.1, -0.05) is 36.4 Å². The fourth-order valence-electron chi connectivity index (χ4n) is 3.44. The minimum Gasteiger partial charge on any atom is -0.351 e. The molecule has 11 heteroatoms. The van der Waals surface area contributed by atoms with Crippen LogP contribution in [0.3, 0.4) is 0 Å². The van der Waals surface area contributed by atoms with Gasteiger partial charge in [0.25, 0.3) is 0 Å². The lowest BCUT2D eigenvalue weighted by atomic mass is 10.0. The van der Waals surface area contributed by atoms with Crippen LogP contribution in [0.5, 0.6) is 0 Å². The summed E-state index contributed by atoms with van der Waals surface area (Å²) in [7, 11) is 0. The lowest BCUT2D eigenvalue weighted by Gasteiger charge is -2.10. The van der Waals surface area contributed by atoms with Crippen molar-refractivity contribution in [2.75, 3.05) is 5.32 Å². The van der Waals surface area contributed by atoms with E-state index >= 15 is 0 Å². The Morgan fingerprint density at radius 2 is 1.26 bits per heavy atom. The van der Waals surface area contributed by atoms with Crippen LogP contribution >= 0.6 is 0 Å². The van der Waals surface area contributed by atoms with Crippen LogP contribution in [0.2, 0.25) is 0 Å². The number of amides is 2. The Labute approximate surface area is 194 Å². The Bertz CT molecular complexity index is 1340. The van der Waals surface area contributed by atoms with Crippen molar-refractivity contribution < 1.29 is 31.1 Å². The molecular weight excluding hydrogens is 474 g/mol. The standard InChI is InChI=1S/C24H16F6N4O/c25-23(26,27)17-7-5-15(6-8-17)14-1-3-16(4-2-14)20-13-21(24(28,29)30)33-34(20)19-11-9-18(10-12-19)32-22(31)35/h1-13H,(H3,31,32,35). The van der Waals surface area contributed by atoms with Gasteiger partial charge in [0.05, 0.1) is 16.9 Å². The van der Waals surface area contributed by atoms with Crippen LogP contribution in [0.4, 0.5) is 36.8 Å². The molecule has 0 radical (unpaired) electrons. The first kappa shape index (κ1) is 23.9. The number of carbonyl (C=O) groups excluding carboxylic acids is 1. The van der Waals surface area contributed by atoms with E-state index in [0.717, 1.165) is 22.9 Å². The maximum absolute atomic E-state index is 13.4. The number of hydrogen-bond donors (Lipinski definition) is 2. The smallest absolute Gasteiger partial charge is 0.351 e. The molecule has 180 valence electrons. The highest BCUT2D eigenvalue weighted by Gasteiger charge is 2.35. The molecule has 0 bridgehead atoms. The molecule has 4 aromatic rings. The summed E-state index contributed by atoms with van der Waals surface area (Å²) in [6.45, 7) is 0. The van der Waals surface area contributed by atoms with Gasteiger partial charge >= 0.3 is 18.4 Å². The van der Waals surface area contributed by atoms with Crippen LogP contribution in [-0.2, 0) is 12.4 Å². The molecule has 0 spiro atoms. The summed E-state index contributed by atoms with van der Waals surface area (Å²) < 4.78 is 79.7. The predicted molar refractivity (Wildman–Crippen MR) is 118 cm³/mol. The predicted octanol–water partition coefficient (Wildman–Crippen LogP) is 6.73. The summed E-state index contributed by atoms with van der Waals surface area (Å²) in [5, 5.41) is 6.06. The number of hydrogen-bond acceptors (Lipinski definition) is 2. The first-order valence-electron chi connectivity index (χ1n) is 10.0. The normalized spacial score (nSPS) is 11.9. The molecule has 3 aromatic carbocycles. The van der Waals surface area contributed by atoms with Crippen LogP contribution in [0.1, 0.15) is 11.3 Å². The number of carbonyl (C=O) groups is 1. The average molecular weight is 490 g/mol. The topological polar surface area (TPSA) is 72.9 Å². The van der Waals surface area contributed by atoms with Gasteiger partial charge < -0.3 is 11.1 Å². The number of rotatable bonds is 4. The number of urea groups is 1. The lowest BCUT2D eigenvalue weighted by Crippen LogP contribution is -2.19. The molecule has 0 aliphatic rings. The first-order valence-corrected chi connectivity index (χ1v) is 10.0. The molecule has 0 fully saturated rings. The number of nitrogens with two attached hydrogens (primary N) is 1. The van der Waals surface area contributed by atoms with Gasteiger partial charge in [-0.05, 0) is 53.6 Å². The van der Waals surface area contributed by atoms with E-state index in [-0.39, 0.29) is 5.69 Å². The number of anilines is 1. The van der Waals surface area contributed by atoms with Crippen LogP contribution in [-0.4, -0.2) is 15.8 Å². The van der Waals surface area contributed by atoms with Crippen molar-refractivity contribution >= 4 is 11.7 Å². The summed E-state index contributed by atoms with van der Waals surface area (Å²) in [6, 6.07) is 16.9. The SMILES string of the molecule is NC(=O)Nc1ccc(-n2nc(C(F)(F)F)cc2-c2ccc(-c3ccc(C(F)(F)F)cc3)cc2)cc1. The van der Waals surface area contributed by atoms with Gasteiger partial charge in [-0.3, -0.25) is 0 Å². The van der Waals surface area contributed by atoms with Gasteiger partial charge in [0, 0.05) is 11.3 Å². The molecule has 0 saturated heterocycles. The number of halogens is 6. The Hall–Kier alpha value is -4.28. The summed E-state index contributed by atoms with van der Waals surface area (Å²) >= 11 is 0. The highest BCUT2D eigenvalue weighted by Crippen LogP contribution is 2.35. The second-order valence-corrected chi connectivity index (χ2v) is 7.51. The van der Waals surface area contributed by atoms with Crippen molar-refractivity contribution in [3.63, 3.8) is 0 Å². The van der Waals surface area contributed by atoms with Crippen molar-refractivity contribution in [2.24, 2.45) is 5.73 Å². The van der Waals surface area contributed by atoms with Gasteiger partial charge in [-0.2, -0.15) is 31.4 Å². The van der Waals surface area contributed by atoms with E-state index in [1.807, 2.05) is 0 Å². The van der Waals surface area contributed by atoms with Crippen LogP contribution in [0.25, 0.3) is 28.1 Å². The fourth-order valence-corrected chi connectivity index (χ4v) is 3.44. The summed E-state index contributed by atoms with van der Waals surface area (Å²) in [5.41, 5.74) is 5.50. The van der Waals surface area contributed by atoms with E-state index < -0.39 is 29.6 Å². The zero-order valence-corrected chi connectivity index (χ0v) is 17.7. The first-order chi connectivity index (χ1) is 16.4. The summed E-state index contributed by atoms with van der Waals surface area (Å²) in [6.07, 6.45) is -9.14. The molecule has 1 heterocycles. The highest BCUT2D eigenvalue weighted by atomic mass is 19.4. The lowest BCUT2D eigenvalue weighted by molar-refractivity contribution is -0.141. The van der Waals surface area contributed by atoms with E-state index in [1.165, 1.54) is 36.4 Å². The van der Waals surface area contributed by atoms with E-state index in [2.05, 4.69) is 10.4 Å². The molecule has 5 nitrogen and oxygen atoms in total. The summed E-state index contributed by atoms with van der Waals surface area (Å²) in [4.78, 5) is 11.0. The van der Waals surface area contributed by atoms with Crippen LogP contribution in [0, 0.1) is 0 Å². The molecule has 35 heavy (non-hydrogen) atoms. The van der Waals surface area contributed by atoms with E-state index in [0.29, 0.717) is 28.1 Å². The molecule has 1 aromatic heterocycles. The van der Waals surface area contributed by atoms with E-state index in [1.54, 1.807) is 24.3 Å².